The molecule has 0 bridgehead atoms. The van der Waals surface area contributed by atoms with E-state index in [9.17, 15) is 0 Å². The molecule has 1 aromatic carbocycles. The van der Waals surface area contributed by atoms with Crippen molar-refractivity contribution in [2.45, 2.75) is 19.9 Å². The van der Waals surface area contributed by atoms with E-state index < -0.39 is 0 Å². The minimum atomic E-state index is 0.385. The molecule has 0 fully saturated rings. The van der Waals surface area contributed by atoms with Gasteiger partial charge in [0.15, 0.2) is 5.75 Å². The molecule has 0 spiro atoms. The second-order valence-corrected chi connectivity index (χ2v) is 4.20. The van der Waals surface area contributed by atoms with Crippen molar-refractivity contribution in [3.05, 3.63) is 41.2 Å². The first-order valence-corrected chi connectivity index (χ1v) is 6.00. The number of halogens is 1. The lowest BCUT2D eigenvalue weighted by molar-refractivity contribution is 0.480. The van der Waals surface area contributed by atoms with Crippen LogP contribution in [-0.4, -0.2) is 9.78 Å². The van der Waals surface area contributed by atoms with E-state index in [-0.39, 0.29) is 0 Å². The smallest absolute Gasteiger partial charge is 0.165 e. The molecule has 5 heteroatoms. The molecule has 1 heterocycles. The van der Waals surface area contributed by atoms with Crippen LogP contribution in [0.25, 0.3) is 0 Å². The van der Waals surface area contributed by atoms with Gasteiger partial charge < -0.3 is 4.74 Å². The van der Waals surface area contributed by atoms with E-state index in [0.29, 0.717) is 22.1 Å². The Morgan fingerprint density at radius 3 is 2.94 bits per heavy atom. The first-order chi connectivity index (χ1) is 8.72. The van der Waals surface area contributed by atoms with Gasteiger partial charge in [-0.1, -0.05) is 18.5 Å². The Labute approximate surface area is 110 Å². The van der Waals surface area contributed by atoms with Gasteiger partial charge in [0.25, 0.3) is 0 Å². The zero-order valence-corrected chi connectivity index (χ0v) is 10.7. The number of nitrogens with zero attached hydrogens (tertiary/aromatic N) is 3. The maximum atomic E-state index is 8.77. The van der Waals surface area contributed by atoms with Crippen molar-refractivity contribution in [3.63, 3.8) is 0 Å². The van der Waals surface area contributed by atoms with Crippen LogP contribution in [0.15, 0.2) is 30.6 Å². The number of benzene rings is 1. The minimum Gasteiger partial charge on any atom is -0.454 e. The largest absolute Gasteiger partial charge is 0.454 e. The summed E-state index contributed by atoms with van der Waals surface area (Å²) in [6.07, 6.45) is 4.50. The summed E-state index contributed by atoms with van der Waals surface area (Å²) in [6, 6.07) is 6.97. The maximum Gasteiger partial charge on any atom is 0.165 e. The molecule has 0 atom stereocenters. The molecule has 4 nitrogen and oxygen atoms in total. The van der Waals surface area contributed by atoms with E-state index in [4.69, 9.17) is 21.6 Å². The lowest BCUT2D eigenvalue weighted by Gasteiger charge is -2.03. The monoisotopic (exact) mass is 261 g/mol. The fourth-order valence-electron chi connectivity index (χ4n) is 1.53. The summed E-state index contributed by atoms with van der Waals surface area (Å²) in [6.45, 7) is 2.94. The molecule has 0 radical (unpaired) electrons. The molecule has 0 aliphatic rings. The number of aromatic nitrogens is 2. The third kappa shape index (κ3) is 2.82. The Hall–Kier alpha value is -1.99. The fourth-order valence-corrected chi connectivity index (χ4v) is 1.75. The average Bonchev–Trinajstić information content (AvgIpc) is 2.77. The average molecular weight is 262 g/mol. The summed E-state index contributed by atoms with van der Waals surface area (Å²) in [7, 11) is 0. The molecule has 18 heavy (non-hydrogen) atoms. The first-order valence-electron chi connectivity index (χ1n) is 5.63. The van der Waals surface area contributed by atoms with Crippen molar-refractivity contribution in [1.82, 2.24) is 9.78 Å². The predicted molar refractivity (Wildman–Crippen MR) is 68.8 cm³/mol. The molecule has 0 aliphatic carbocycles. The van der Waals surface area contributed by atoms with Crippen molar-refractivity contribution in [3.8, 4) is 17.6 Å². The first kappa shape index (κ1) is 12.5. The van der Waals surface area contributed by atoms with Crippen molar-refractivity contribution >= 4 is 11.6 Å². The normalized spacial score (nSPS) is 10.1. The summed E-state index contributed by atoms with van der Waals surface area (Å²) < 4.78 is 7.43. The maximum absolute atomic E-state index is 8.77. The van der Waals surface area contributed by atoms with Gasteiger partial charge >= 0.3 is 0 Å². The molecule has 1 aromatic heterocycles. The molecule has 2 rings (SSSR count). The highest BCUT2D eigenvalue weighted by Crippen LogP contribution is 2.26. The molecule has 0 unspecified atom stereocenters. The van der Waals surface area contributed by atoms with Crippen LogP contribution in [0.3, 0.4) is 0 Å². The quantitative estimate of drug-likeness (QED) is 0.845. The van der Waals surface area contributed by atoms with Crippen LogP contribution in [0.4, 0.5) is 0 Å². The van der Waals surface area contributed by atoms with Gasteiger partial charge in [-0.05, 0) is 18.6 Å². The van der Waals surface area contributed by atoms with Gasteiger partial charge in [0.1, 0.15) is 11.8 Å². The standard InChI is InChI=1S/C13H12ClN3O/c1-2-5-17-9-12(8-16-17)18-11-4-3-10(7-15)13(14)6-11/h3-4,6,8-9H,2,5H2,1H3. The Bertz CT molecular complexity index is 586. The molecular formula is C13H12ClN3O. The fraction of sp³-hybridized carbons (Fsp3) is 0.231. The number of ether oxygens (including phenoxy) is 1. The summed E-state index contributed by atoms with van der Waals surface area (Å²) >= 11 is 5.93. The van der Waals surface area contributed by atoms with Crippen LogP contribution in [0.1, 0.15) is 18.9 Å². The van der Waals surface area contributed by atoms with Crippen molar-refractivity contribution < 1.29 is 4.74 Å². The van der Waals surface area contributed by atoms with Crippen LogP contribution in [0, 0.1) is 11.3 Å². The topological polar surface area (TPSA) is 50.8 Å². The van der Waals surface area contributed by atoms with Crippen molar-refractivity contribution in [2.75, 3.05) is 0 Å². The molecule has 0 aliphatic heterocycles. The Morgan fingerprint density at radius 2 is 2.28 bits per heavy atom. The SMILES string of the molecule is CCCn1cc(Oc2ccc(C#N)c(Cl)c2)cn1. The van der Waals surface area contributed by atoms with Crippen LogP contribution >= 0.6 is 11.6 Å². The van der Waals surface area contributed by atoms with E-state index in [1.807, 2.05) is 16.9 Å². The number of rotatable bonds is 4. The zero-order chi connectivity index (χ0) is 13.0. The van der Waals surface area contributed by atoms with Gasteiger partial charge in [0.2, 0.25) is 0 Å². The Morgan fingerprint density at radius 1 is 1.44 bits per heavy atom. The van der Waals surface area contributed by atoms with Gasteiger partial charge in [0.05, 0.1) is 23.0 Å². The molecule has 0 saturated carbocycles. The van der Waals surface area contributed by atoms with E-state index in [1.54, 1.807) is 24.4 Å². The number of hydrogen-bond acceptors (Lipinski definition) is 3. The van der Waals surface area contributed by atoms with Gasteiger partial charge in [-0.25, -0.2) is 0 Å². The lowest BCUT2D eigenvalue weighted by Crippen LogP contribution is -1.95. The molecular weight excluding hydrogens is 250 g/mol. The summed E-state index contributed by atoms with van der Waals surface area (Å²) in [5.74, 6) is 1.25. The van der Waals surface area contributed by atoms with Crippen LogP contribution in [-0.2, 0) is 6.54 Å². The summed E-state index contributed by atoms with van der Waals surface area (Å²) in [4.78, 5) is 0. The van der Waals surface area contributed by atoms with E-state index in [2.05, 4.69) is 12.0 Å². The highest BCUT2D eigenvalue weighted by Gasteiger charge is 2.04. The van der Waals surface area contributed by atoms with Gasteiger partial charge in [-0.2, -0.15) is 10.4 Å². The highest BCUT2D eigenvalue weighted by atomic mass is 35.5. The molecule has 0 amide bonds. The second-order valence-electron chi connectivity index (χ2n) is 3.79. The van der Waals surface area contributed by atoms with E-state index in [1.165, 1.54) is 0 Å². The number of hydrogen-bond donors (Lipinski definition) is 0. The van der Waals surface area contributed by atoms with Crippen LogP contribution < -0.4 is 4.74 Å². The Kier molecular flexibility index (Phi) is 3.85. The third-order valence-corrected chi connectivity index (χ3v) is 2.67. The molecule has 92 valence electrons. The van der Waals surface area contributed by atoms with Gasteiger partial charge in [0, 0.05) is 12.6 Å². The second kappa shape index (κ2) is 5.56. The van der Waals surface area contributed by atoms with Gasteiger partial charge in [-0.3, -0.25) is 4.68 Å². The highest BCUT2D eigenvalue weighted by molar-refractivity contribution is 6.31. The molecule has 2 aromatic rings. The van der Waals surface area contributed by atoms with Crippen LogP contribution in [0.2, 0.25) is 5.02 Å². The van der Waals surface area contributed by atoms with Crippen molar-refractivity contribution in [2.24, 2.45) is 0 Å². The lowest BCUT2D eigenvalue weighted by atomic mass is 10.2. The number of nitriles is 1. The summed E-state index contributed by atoms with van der Waals surface area (Å²) in [5, 5.41) is 13.3. The van der Waals surface area contributed by atoms with E-state index >= 15 is 0 Å². The molecule has 0 saturated heterocycles. The number of aryl methyl sites for hydroxylation is 1. The Balaban J connectivity index is 2.13. The zero-order valence-electron chi connectivity index (χ0n) is 9.93. The van der Waals surface area contributed by atoms with Gasteiger partial charge in [-0.15, -0.1) is 0 Å². The summed E-state index contributed by atoms with van der Waals surface area (Å²) in [5.41, 5.74) is 0.436. The minimum absolute atomic E-state index is 0.385. The van der Waals surface area contributed by atoms with Crippen molar-refractivity contribution in [1.29, 1.82) is 5.26 Å². The van der Waals surface area contributed by atoms with Crippen LogP contribution in [0.5, 0.6) is 11.5 Å². The van der Waals surface area contributed by atoms with E-state index in [0.717, 1.165) is 13.0 Å². The molecule has 0 N–H and O–H groups in total. The third-order valence-electron chi connectivity index (χ3n) is 2.36. The predicted octanol–water partition coefficient (Wildman–Crippen LogP) is 3.61.